The summed E-state index contributed by atoms with van der Waals surface area (Å²) in [4.78, 5) is 9.36. The fourth-order valence-electron chi connectivity index (χ4n) is 2.22. The normalized spacial score (nSPS) is 11.0. The van der Waals surface area contributed by atoms with Crippen molar-refractivity contribution in [2.45, 2.75) is 26.7 Å². The summed E-state index contributed by atoms with van der Waals surface area (Å²) in [6.07, 6.45) is 0. The van der Waals surface area contributed by atoms with Gasteiger partial charge in [0, 0.05) is 5.92 Å². The average Bonchev–Trinajstić information content (AvgIpc) is 2.48. The largest absolute Gasteiger partial charge is 0.437 e. The minimum absolute atomic E-state index is 0.251. The molecule has 0 saturated heterocycles. The summed E-state index contributed by atoms with van der Waals surface area (Å²) in [5, 5.41) is 0. The van der Waals surface area contributed by atoms with Crippen molar-refractivity contribution in [3.8, 4) is 11.6 Å². The van der Waals surface area contributed by atoms with Crippen molar-refractivity contribution in [3.05, 3.63) is 59.8 Å². The molecule has 3 nitrogen and oxygen atoms in total. The van der Waals surface area contributed by atoms with Crippen molar-refractivity contribution in [1.29, 1.82) is 0 Å². The molecule has 0 unspecified atom stereocenters. The lowest BCUT2D eigenvalue weighted by Gasteiger charge is -2.14. The van der Waals surface area contributed by atoms with Gasteiger partial charge in [-0.05, 0) is 30.7 Å². The van der Waals surface area contributed by atoms with E-state index in [0.29, 0.717) is 5.88 Å². The maximum Gasteiger partial charge on any atom is 0.242 e. The lowest BCUT2D eigenvalue weighted by atomic mass is 10.1. The molecule has 0 radical (unpaired) electrons. The van der Waals surface area contributed by atoms with Gasteiger partial charge in [-0.2, -0.15) is 0 Å². The number of para-hydroxylation sites is 3. The van der Waals surface area contributed by atoms with Gasteiger partial charge >= 0.3 is 0 Å². The molecule has 0 N–H and O–H groups in total. The second-order valence-electron chi connectivity index (χ2n) is 5.42. The molecule has 3 rings (SSSR count). The highest BCUT2D eigenvalue weighted by molar-refractivity contribution is 5.74. The lowest BCUT2D eigenvalue weighted by Crippen LogP contribution is -2.01. The molecule has 0 aliphatic heterocycles. The van der Waals surface area contributed by atoms with Gasteiger partial charge in [-0.15, -0.1) is 0 Å². The minimum atomic E-state index is 0.251. The van der Waals surface area contributed by atoms with Gasteiger partial charge in [-0.3, -0.25) is 0 Å². The van der Waals surface area contributed by atoms with Gasteiger partial charge in [0.15, 0.2) is 0 Å². The molecular formula is C18H18N2O. The maximum absolute atomic E-state index is 6.04. The second-order valence-corrected chi connectivity index (χ2v) is 5.42. The van der Waals surface area contributed by atoms with E-state index >= 15 is 0 Å². The molecule has 0 saturated carbocycles. The molecule has 106 valence electrons. The van der Waals surface area contributed by atoms with Crippen molar-refractivity contribution in [2.75, 3.05) is 0 Å². The van der Waals surface area contributed by atoms with Crippen LogP contribution in [0.1, 0.15) is 31.0 Å². The molecule has 3 aromatic rings. The van der Waals surface area contributed by atoms with E-state index in [1.54, 1.807) is 0 Å². The fraction of sp³-hybridized carbons (Fsp3) is 0.222. The van der Waals surface area contributed by atoms with E-state index in [9.17, 15) is 0 Å². The van der Waals surface area contributed by atoms with Gasteiger partial charge in [0.2, 0.25) is 5.88 Å². The third kappa shape index (κ3) is 2.72. The number of nitrogens with zero attached hydrogens (tertiary/aromatic N) is 2. The van der Waals surface area contributed by atoms with Crippen molar-refractivity contribution >= 4 is 11.0 Å². The Bertz CT molecular complexity index is 781. The first-order valence-corrected chi connectivity index (χ1v) is 7.15. The standard InChI is InChI=1S/C18H18N2O/c1-12(2)17-18(21-16-11-7-4-8-13(16)3)20-15-10-6-5-9-14(15)19-17/h4-12H,1-3H3. The van der Waals surface area contributed by atoms with E-state index in [1.165, 1.54) is 0 Å². The molecule has 3 heteroatoms. The lowest BCUT2D eigenvalue weighted by molar-refractivity contribution is 0.448. The van der Waals surface area contributed by atoms with Crippen LogP contribution in [0.3, 0.4) is 0 Å². The van der Waals surface area contributed by atoms with Gasteiger partial charge in [0.1, 0.15) is 11.4 Å². The molecule has 0 aliphatic rings. The number of aryl methyl sites for hydroxylation is 1. The summed E-state index contributed by atoms with van der Waals surface area (Å²) in [5.41, 5.74) is 3.72. The number of rotatable bonds is 3. The van der Waals surface area contributed by atoms with Gasteiger partial charge < -0.3 is 4.74 Å². The Balaban J connectivity index is 2.12. The molecule has 0 atom stereocenters. The Morgan fingerprint density at radius 3 is 2.14 bits per heavy atom. The van der Waals surface area contributed by atoms with Crippen LogP contribution in [0.4, 0.5) is 0 Å². The van der Waals surface area contributed by atoms with Crippen LogP contribution >= 0.6 is 0 Å². The predicted octanol–water partition coefficient (Wildman–Crippen LogP) is 4.85. The molecule has 2 aromatic carbocycles. The van der Waals surface area contributed by atoms with Crippen LogP contribution in [0.2, 0.25) is 0 Å². The van der Waals surface area contributed by atoms with Crippen LogP contribution in [0.5, 0.6) is 11.6 Å². The third-order valence-corrected chi connectivity index (χ3v) is 3.41. The zero-order valence-corrected chi connectivity index (χ0v) is 12.5. The summed E-state index contributed by atoms with van der Waals surface area (Å²) in [7, 11) is 0. The number of fused-ring (bicyclic) bond motifs is 1. The van der Waals surface area contributed by atoms with Gasteiger partial charge in [0.25, 0.3) is 0 Å². The highest BCUT2D eigenvalue weighted by Gasteiger charge is 2.14. The molecule has 1 aromatic heterocycles. The van der Waals surface area contributed by atoms with Crippen molar-refractivity contribution < 1.29 is 4.74 Å². The highest BCUT2D eigenvalue weighted by atomic mass is 16.5. The Hall–Kier alpha value is -2.42. The molecule has 0 spiro atoms. The number of aromatic nitrogens is 2. The van der Waals surface area contributed by atoms with Crippen LogP contribution in [-0.4, -0.2) is 9.97 Å². The predicted molar refractivity (Wildman–Crippen MR) is 84.9 cm³/mol. The summed E-state index contributed by atoms with van der Waals surface area (Å²) >= 11 is 0. The Morgan fingerprint density at radius 1 is 0.857 bits per heavy atom. The first-order valence-electron chi connectivity index (χ1n) is 7.15. The van der Waals surface area contributed by atoms with E-state index in [0.717, 1.165) is 28.0 Å². The topological polar surface area (TPSA) is 35.0 Å². The Morgan fingerprint density at radius 2 is 1.48 bits per heavy atom. The number of hydrogen-bond donors (Lipinski definition) is 0. The average molecular weight is 278 g/mol. The number of hydrogen-bond acceptors (Lipinski definition) is 3. The summed E-state index contributed by atoms with van der Waals surface area (Å²) in [5.74, 6) is 1.67. The first kappa shape index (κ1) is 13.6. The maximum atomic E-state index is 6.04. The van der Waals surface area contributed by atoms with Crippen molar-refractivity contribution in [1.82, 2.24) is 9.97 Å². The van der Waals surface area contributed by atoms with Crippen molar-refractivity contribution in [3.63, 3.8) is 0 Å². The number of ether oxygens (including phenoxy) is 1. The molecule has 21 heavy (non-hydrogen) atoms. The van der Waals surface area contributed by atoms with Gasteiger partial charge in [-0.1, -0.05) is 44.2 Å². The zero-order valence-electron chi connectivity index (χ0n) is 12.5. The summed E-state index contributed by atoms with van der Waals surface area (Å²) < 4.78 is 6.04. The monoisotopic (exact) mass is 278 g/mol. The van der Waals surface area contributed by atoms with E-state index in [4.69, 9.17) is 9.72 Å². The van der Waals surface area contributed by atoms with Crippen LogP contribution in [0.15, 0.2) is 48.5 Å². The van der Waals surface area contributed by atoms with Crippen LogP contribution in [-0.2, 0) is 0 Å². The molecule has 0 bridgehead atoms. The van der Waals surface area contributed by atoms with Gasteiger partial charge in [-0.25, -0.2) is 9.97 Å². The summed E-state index contributed by atoms with van der Waals surface area (Å²) in [6, 6.07) is 15.8. The fourth-order valence-corrected chi connectivity index (χ4v) is 2.22. The van der Waals surface area contributed by atoms with Crippen LogP contribution < -0.4 is 4.74 Å². The molecular weight excluding hydrogens is 260 g/mol. The molecule has 0 fully saturated rings. The number of benzene rings is 2. The van der Waals surface area contributed by atoms with Crippen LogP contribution in [0.25, 0.3) is 11.0 Å². The summed E-state index contributed by atoms with van der Waals surface area (Å²) in [6.45, 7) is 6.23. The molecule has 1 heterocycles. The second kappa shape index (κ2) is 5.52. The van der Waals surface area contributed by atoms with E-state index < -0.39 is 0 Å². The SMILES string of the molecule is Cc1ccccc1Oc1nc2ccccc2nc1C(C)C. The third-order valence-electron chi connectivity index (χ3n) is 3.41. The quantitative estimate of drug-likeness (QED) is 0.686. The van der Waals surface area contributed by atoms with Crippen LogP contribution in [0, 0.1) is 6.92 Å². The zero-order chi connectivity index (χ0) is 14.8. The first-order chi connectivity index (χ1) is 10.1. The van der Waals surface area contributed by atoms with Crippen molar-refractivity contribution in [2.24, 2.45) is 0 Å². The van der Waals surface area contributed by atoms with E-state index in [-0.39, 0.29) is 5.92 Å². The molecule has 0 amide bonds. The Kier molecular flexibility index (Phi) is 3.57. The minimum Gasteiger partial charge on any atom is -0.437 e. The smallest absolute Gasteiger partial charge is 0.242 e. The highest BCUT2D eigenvalue weighted by Crippen LogP contribution is 2.30. The van der Waals surface area contributed by atoms with E-state index in [1.807, 2.05) is 55.5 Å². The molecule has 0 aliphatic carbocycles. The van der Waals surface area contributed by atoms with E-state index in [2.05, 4.69) is 18.8 Å². The van der Waals surface area contributed by atoms with Gasteiger partial charge in [0.05, 0.1) is 11.0 Å². The Labute approximate surface area is 124 Å².